The summed E-state index contributed by atoms with van der Waals surface area (Å²) >= 11 is 0. The number of hydrogen-bond acceptors (Lipinski definition) is 3. The first-order valence-electron chi connectivity index (χ1n) is 4.67. The maximum absolute atomic E-state index is 13.4. The standard InChI is InChI=1S/C10H6F5N3/c11-5-2-1-4-6(18-16)3-7(10(13,14)15)17-9(4)8(5)12/h1-3H,16H2,(H,17,18). The molecule has 0 aliphatic carbocycles. The van der Waals surface area contributed by atoms with E-state index in [1.165, 1.54) is 0 Å². The number of aromatic nitrogens is 1. The molecule has 0 radical (unpaired) electrons. The van der Waals surface area contributed by atoms with Crippen LogP contribution in [0.5, 0.6) is 0 Å². The van der Waals surface area contributed by atoms with Crippen LogP contribution in [0, 0.1) is 11.6 Å². The van der Waals surface area contributed by atoms with Gasteiger partial charge in [-0.25, -0.2) is 13.8 Å². The Morgan fingerprint density at radius 1 is 1.17 bits per heavy atom. The van der Waals surface area contributed by atoms with Crippen molar-refractivity contribution in [1.82, 2.24) is 4.98 Å². The van der Waals surface area contributed by atoms with Gasteiger partial charge < -0.3 is 5.43 Å². The van der Waals surface area contributed by atoms with Crippen molar-refractivity contribution in [3.63, 3.8) is 0 Å². The summed E-state index contributed by atoms with van der Waals surface area (Å²) in [6.45, 7) is 0. The Labute approximate surface area is 97.4 Å². The molecule has 0 saturated carbocycles. The fourth-order valence-corrected chi connectivity index (χ4v) is 1.50. The second kappa shape index (κ2) is 4.05. The molecular formula is C10H6F5N3. The maximum Gasteiger partial charge on any atom is 0.433 e. The molecule has 0 unspecified atom stereocenters. The van der Waals surface area contributed by atoms with Crippen molar-refractivity contribution in [2.75, 3.05) is 5.43 Å². The number of alkyl halides is 3. The van der Waals surface area contributed by atoms with E-state index < -0.39 is 29.0 Å². The summed E-state index contributed by atoms with van der Waals surface area (Å²) in [5, 5.41) is -0.0376. The lowest BCUT2D eigenvalue weighted by molar-refractivity contribution is -0.140. The summed E-state index contributed by atoms with van der Waals surface area (Å²) in [5.74, 6) is 2.33. The van der Waals surface area contributed by atoms with Crippen molar-refractivity contribution in [1.29, 1.82) is 0 Å². The number of nitrogens with two attached hydrogens (primary N) is 1. The number of rotatable bonds is 1. The Kier molecular flexibility index (Phi) is 2.81. The first kappa shape index (κ1) is 12.5. The van der Waals surface area contributed by atoms with Gasteiger partial charge in [0.05, 0.1) is 5.69 Å². The van der Waals surface area contributed by atoms with Crippen molar-refractivity contribution >= 4 is 16.6 Å². The van der Waals surface area contributed by atoms with E-state index in [1.54, 1.807) is 0 Å². The molecule has 96 valence electrons. The minimum Gasteiger partial charge on any atom is -0.323 e. The molecule has 0 aliphatic rings. The summed E-state index contributed by atoms with van der Waals surface area (Å²) in [6.07, 6.45) is -4.78. The summed E-state index contributed by atoms with van der Waals surface area (Å²) < 4.78 is 63.9. The van der Waals surface area contributed by atoms with Crippen LogP contribution in [0.4, 0.5) is 27.6 Å². The Balaban J connectivity index is 2.85. The van der Waals surface area contributed by atoms with E-state index in [0.29, 0.717) is 6.07 Å². The Morgan fingerprint density at radius 2 is 1.83 bits per heavy atom. The zero-order chi connectivity index (χ0) is 13.5. The van der Waals surface area contributed by atoms with Crippen LogP contribution < -0.4 is 11.3 Å². The second-order valence-electron chi connectivity index (χ2n) is 3.45. The van der Waals surface area contributed by atoms with Crippen LogP contribution in [0.15, 0.2) is 18.2 Å². The average Bonchev–Trinajstić information content (AvgIpc) is 2.31. The molecule has 1 heterocycles. The van der Waals surface area contributed by atoms with Crippen molar-refractivity contribution in [3.05, 3.63) is 35.5 Å². The first-order chi connectivity index (χ1) is 8.34. The maximum atomic E-state index is 13.4. The van der Waals surface area contributed by atoms with E-state index in [4.69, 9.17) is 5.84 Å². The minimum atomic E-state index is -4.78. The normalized spacial score (nSPS) is 11.9. The van der Waals surface area contributed by atoms with Crippen LogP contribution in [-0.4, -0.2) is 4.98 Å². The van der Waals surface area contributed by atoms with Crippen molar-refractivity contribution in [2.24, 2.45) is 5.84 Å². The highest BCUT2D eigenvalue weighted by Gasteiger charge is 2.34. The van der Waals surface area contributed by atoms with Crippen LogP contribution in [-0.2, 0) is 6.18 Å². The Hall–Kier alpha value is -1.96. The number of halogens is 5. The van der Waals surface area contributed by atoms with Gasteiger partial charge in [0.15, 0.2) is 11.6 Å². The number of nitrogens with one attached hydrogen (secondary N) is 1. The molecule has 0 fully saturated rings. The minimum absolute atomic E-state index is 0.0376. The van der Waals surface area contributed by atoms with Crippen LogP contribution >= 0.6 is 0 Å². The van der Waals surface area contributed by atoms with Gasteiger partial charge in [0.2, 0.25) is 0 Å². The van der Waals surface area contributed by atoms with Gasteiger partial charge in [0, 0.05) is 5.39 Å². The van der Waals surface area contributed by atoms with Crippen molar-refractivity contribution in [3.8, 4) is 0 Å². The van der Waals surface area contributed by atoms with Crippen LogP contribution in [0.3, 0.4) is 0 Å². The lowest BCUT2D eigenvalue weighted by Crippen LogP contribution is -2.13. The van der Waals surface area contributed by atoms with Gasteiger partial charge in [-0.05, 0) is 18.2 Å². The molecule has 0 spiro atoms. The second-order valence-corrected chi connectivity index (χ2v) is 3.45. The molecule has 3 nitrogen and oxygen atoms in total. The third-order valence-corrected chi connectivity index (χ3v) is 2.32. The number of pyridine rings is 1. The van der Waals surface area contributed by atoms with Gasteiger partial charge in [-0.3, -0.25) is 5.84 Å². The number of anilines is 1. The Bertz CT molecular complexity index is 608. The predicted molar refractivity (Wildman–Crippen MR) is 54.5 cm³/mol. The van der Waals surface area contributed by atoms with Gasteiger partial charge in [-0.1, -0.05) is 0 Å². The number of nitrogens with zero attached hydrogens (tertiary/aromatic N) is 1. The smallest absolute Gasteiger partial charge is 0.323 e. The van der Waals surface area contributed by atoms with E-state index >= 15 is 0 Å². The molecule has 0 saturated heterocycles. The van der Waals surface area contributed by atoms with E-state index in [0.717, 1.165) is 12.1 Å². The molecule has 2 rings (SSSR count). The third-order valence-electron chi connectivity index (χ3n) is 2.32. The SMILES string of the molecule is NNc1cc(C(F)(F)F)nc2c(F)c(F)ccc12. The predicted octanol–water partition coefficient (Wildman–Crippen LogP) is 2.82. The van der Waals surface area contributed by atoms with Crippen LogP contribution in [0.1, 0.15) is 5.69 Å². The van der Waals surface area contributed by atoms with Gasteiger partial charge in [0.25, 0.3) is 0 Å². The molecule has 1 aromatic heterocycles. The molecule has 1 aromatic carbocycles. The molecule has 0 amide bonds. The van der Waals surface area contributed by atoms with Gasteiger partial charge >= 0.3 is 6.18 Å². The zero-order valence-electron chi connectivity index (χ0n) is 8.65. The van der Waals surface area contributed by atoms with E-state index in [2.05, 4.69) is 4.98 Å². The largest absolute Gasteiger partial charge is 0.433 e. The summed E-state index contributed by atoms with van der Waals surface area (Å²) in [5.41, 5.74) is -0.267. The summed E-state index contributed by atoms with van der Waals surface area (Å²) in [4.78, 5) is 3.08. The molecule has 0 aliphatic heterocycles. The van der Waals surface area contributed by atoms with Gasteiger partial charge in [-0.2, -0.15) is 13.2 Å². The topological polar surface area (TPSA) is 50.9 Å². The molecule has 3 N–H and O–H groups in total. The van der Waals surface area contributed by atoms with Crippen LogP contribution in [0.25, 0.3) is 10.9 Å². The highest BCUT2D eigenvalue weighted by Crippen LogP contribution is 2.33. The Morgan fingerprint density at radius 3 is 2.39 bits per heavy atom. The number of nitrogen functional groups attached to an aromatic ring is 1. The fraction of sp³-hybridized carbons (Fsp3) is 0.100. The van der Waals surface area contributed by atoms with E-state index in [9.17, 15) is 22.0 Å². The number of fused-ring (bicyclic) bond motifs is 1. The number of benzene rings is 1. The van der Waals surface area contributed by atoms with E-state index in [1.807, 2.05) is 5.43 Å². The van der Waals surface area contributed by atoms with Crippen molar-refractivity contribution in [2.45, 2.75) is 6.18 Å². The number of hydrogen-bond donors (Lipinski definition) is 2. The molecule has 2 aromatic rings. The molecule has 0 atom stereocenters. The van der Waals surface area contributed by atoms with Gasteiger partial charge in [0.1, 0.15) is 11.2 Å². The van der Waals surface area contributed by atoms with Gasteiger partial charge in [-0.15, -0.1) is 0 Å². The molecule has 18 heavy (non-hydrogen) atoms. The zero-order valence-corrected chi connectivity index (χ0v) is 8.65. The average molecular weight is 263 g/mol. The fourth-order valence-electron chi connectivity index (χ4n) is 1.50. The molecule has 0 bridgehead atoms. The quantitative estimate of drug-likeness (QED) is 0.472. The molecule has 8 heteroatoms. The first-order valence-corrected chi connectivity index (χ1v) is 4.67. The number of hydrazine groups is 1. The lowest BCUT2D eigenvalue weighted by atomic mass is 10.1. The lowest BCUT2D eigenvalue weighted by Gasteiger charge is -2.11. The highest BCUT2D eigenvalue weighted by molar-refractivity contribution is 5.91. The summed E-state index contributed by atoms with van der Waals surface area (Å²) in [7, 11) is 0. The third kappa shape index (κ3) is 1.94. The summed E-state index contributed by atoms with van der Waals surface area (Å²) in [6, 6.07) is 2.50. The van der Waals surface area contributed by atoms with E-state index in [-0.39, 0.29) is 11.1 Å². The monoisotopic (exact) mass is 263 g/mol. The molecular weight excluding hydrogens is 257 g/mol. The van der Waals surface area contributed by atoms with Crippen molar-refractivity contribution < 1.29 is 22.0 Å². The van der Waals surface area contributed by atoms with Crippen LogP contribution in [0.2, 0.25) is 0 Å². The highest BCUT2D eigenvalue weighted by atomic mass is 19.4.